The standard InChI is InChI=1S/C17H17BrN2O2/c1-11-16(8-19-12(2)20-11)22-10-17(7-14(17)9-21)13-3-5-15(18)6-4-13/h3-6,8-9,14H,7,10H2,1-2H3/t14-,17+/m0/s1. The summed E-state index contributed by atoms with van der Waals surface area (Å²) in [5.74, 6) is 1.42. The molecule has 1 heterocycles. The fourth-order valence-corrected chi connectivity index (χ4v) is 3.06. The van der Waals surface area contributed by atoms with E-state index >= 15 is 0 Å². The van der Waals surface area contributed by atoms with Gasteiger partial charge in [-0.2, -0.15) is 0 Å². The van der Waals surface area contributed by atoms with Crippen LogP contribution in [0, 0.1) is 19.8 Å². The second-order valence-corrected chi connectivity index (χ2v) is 6.68. The van der Waals surface area contributed by atoms with E-state index in [0.29, 0.717) is 12.4 Å². The van der Waals surface area contributed by atoms with Crippen LogP contribution in [0.4, 0.5) is 0 Å². The Balaban J connectivity index is 1.81. The van der Waals surface area contributed by atoms with Crippen molar-refractivity contribution in [1.29, 1.82) is 0 Å². The van der Waals surface area contributed by atoms with Gasteiger partial charge in [0.2, 0.25) is 0 Å². The molecular weight excluding hydrogens is 344 g/mol. The Morgan fingerprint density at radius 2 is 2.09 bits per heavy atom. The maximum absolute atomic E-state index is 11.3. The van der Waals surface area contributed by atoms with Gasteiger partial charge in [0.15, 0.2) is 5.75 Å². The van der Waals surface area contributed by atoms with Gasteiger partial charge in [0.05, 0.1) is 18.5 Å². The number of aldehydes is 1. The van der Waals surface area contributed by atoms with Gasteiger partial charge in [-0.05, 0) is 38.0 Å². The van der Waals surface area contributed by atoms with E-state index in [1.54, 1.807) is 6.20 Å². The molecule has 2 aromatic rings. The zero-order valence-electron chi connectivity index (χ0n) is 12.5. The summed E-state index contributed by atoms with van der Waals surface area (Å²) in [6.45, 7) is 4.22. The molecule has 3 rings (SSSR count). The summed E-state index contributed by atoms with van der Waals surface area (Å²) in [6, 6.07) is 8.10. The molecule has 1 aliphatic rings. The number of hydrogen-bond acceptors (Lipinski definition) is 4. The second kappa shape index (κ2) is 5.80. The number of rotatable bonds is 5. The van der Waals surface area contributed by atoms with E-state index in [9.17, 15) is 4.79 Å². The van der Waals surface area contributed by atoms with Crippen LogP contribution in [0.15, 0.2) is 34.9 Å². The lowest BCUT2D eigenvalue weighted by Gasteiger charge is -2.18. The van der Waals surface area contributed by atoms with Gasteiger partial charge in [-0.25, -0.2) is 9.97 Å². The molecule has 1 fully saturated rings. The molecule has 0 amide bonds. The average Bonchev–Trinajstić information content (AvgIpc) is 3.22. The van der Waals surface area contributed by atoms with Crippen molar-refractivity contribution in [2.45, 2.75) is 25.7 Å². The van der Waals surface area contributed by atoms with Crippen molar-refractivity contribution >= 4 is 22.2 Å². The SMILES string of the molecule is Cc1ncc(OC[C@@]2(c3ccc(Br)cc3)C[C@H]2C=O)c(C)n1. The summed E-state index contributed by atoms with van der Waals surface area (Å²) in [7, 11) is 0. The third-order valence-corrected chi connectivity index (χ3v) is 4.79. The second-order valence-electron chi connectivity index (χ2n) is 5.77. The number of carbonyl (C=O) groups excluding carboxylic acids is 1. The molecule has 0 radical (unpaired) electrons. The minimum absolute atomic E-state index is 0.0142. The molecule has 5 heteroatoms. The minimum Gasteiger partial charge on any atom is -0.489 e. The van der Waals surface area contributed by atoms with Gasteiger partial charge in [-0.3, -0.25) is 0 Å². The van der Waals surface area contributed by atoms with E-state index in [0.717, 1.165) is 34.3 Å². The molecule has 1 saturated carbocycles. The quantitative estimate of drug-likeness (QED) is 0.766. The fraction of sp³-hybridized carbons (Fsp3) is 0.353. The van der Waals surface area contributed by atoms with E-state index in [2.05, 4.69) is 38.0 Å². The predicted molar refractivity (Wildman–Crippen MR) is 87.0 cm³/mol. The molecule has 0 spiro atoms. The van der Waals surface area contributed by atoms with E-state index in [1.165, 1.54) is 0 Å². The van der Waals surface area contributed by atoms with Crippen LogP contribution in [-0.2, 0) is 10.2 Å². The molecule has 4 nitrogen and oxygen atoms in total. The van der Waals surface area contributed by atoms with Crippen LogP contribution in [0.25, 0.3) is 0 Å². The highest BCUT2D eigenvalue weighted by atomic mass is 79.9. The first-order valence-electron chi connectivity index (χ1n) is 7.19. The Bertz CT molecular complexity index is 702. The molecule has 0 unspecified atom stereocenters. The summed E-state index contributed by atoms with van der Waals surface area (Å²) in [6.07, 6.45) is 3.55. The first-order valence-corrected chi connectivity index (χ1v) is 7.99. The smallest absolute Gasteiger partial charge is 0.158 e. The Hall–Kier alpha value is -1.75. The normalized spacial score (nSPS) is 23.1. The third-order valence-electron chi connectivity index (χ3n) is 4.26. The lowest BCUT2D eigenvalue weighted by Crippen LogP contribution is -2.21. The largest absolute Gasteiger partial charge is 0.489 e. The first kappa shape index (κ1) is 15.2. The van der Waals surface area contributed by atoms with Crippen LogP contribution in [-0.4, -0.2) is 22.9 Å². The molecule has 0 N–H and O–H groups in total. The number of halogens is 1. The Morgan fingerprint density at radius 3 is 2.68 bits per heavy atom. The summed E-state index contributed by atoms with van der Waals surface area (Å²) in [5.41, 5.74) is 1.74. The van der Waals surface area contributed by atoms with Crippen molar-refractivity contribution in [3.63, 3.8) is 0 Å². The first-order chi connectivity index (χ1) is 10.5. The van der Waals surface area contributed by atoms with Crippen LogP contribution in [0.2, 0.25) is 0 Å². The number of aryl methyl sites for hydroxylation is 2. The van der Waals surface area contributed by atoms with Crippen molar-refractivity contribution in [3.8, 4) is 5.75 Å². The maximum atomic E-state index is 11.3. The van der Waals surface area contributed by atoms with Gasteiger partial charge in [0.25, 0.3) is 0 Å². The number of ether oxygens (including phenoxy) is 1. The van der Waals surface area contributed by atoms with E-state index in [-0.39, 0.29) is 11.3 Å². The molecule has 1 aromatic heterocycles. The van der Waals surface area contributed by atoms with Crippen LogP contribution in [0.5, 0.6) is 5.75 Å². The van der Waals surface area contributed by atoms with E-state index < -0.39 is 0 Å². The van der Waals surface area contributed by atoms with Crippen LogP contribution in [0.1, 0.15) is 23.5 Å². The van der Waals surface area contributed by atoms with Gasteiger partial charge < -0.3 is 9.53 Å². The Kier molecular flexibility index (Phi) is 4.00. The van der Waals surface area contributed by atoms with E-state index in [4.69, 9.17) is 4.74 Å². The molecule has 0 aliphatic heterocycles. The molecule has 2 atom stereocenters. The number of aromatic nitrogens is 2. The molecule has 1 aliphatic carbocycles. The van der Waals surface area contributed by atoms with Gasteiger partial charge in [0.1, 0.15) is 12.1 Å². The lowest BCUT2D eigenvalue weighted by molar-refractivity contribution is -0.109. The van der Waals surface area contributed by atoms with Gasteiger partial charge in [-0.15, -0.1) is 0 Å². The molecule has 0 saturated heterocycles. The highest BCUT2D eigenvalue weighted by Gasteiger charge is 2.56. The summed E-state index contributed by atoms with van der Waals surface area (Å²) >= 11 is 3.44. The van der Waals surface area contributed by atoms with Crippen molar-refractivity contribution < 1.29 is 9.53 Å². The van der Waals surface area contributed by atoms with Gasteiger partial charge in [-0.1, -0.05) is 28.1 Å². The predicted octanol–water partition coefficient (Wildman–Crippen LogP) is 3.39. The summed E-state index contributed by atoms with van der Waals surface area (Å²) in [4.78, 5) is 19.7. The molecule has 22 heavy (non-hydrogen) atoms. The van der Waals surface area contributed by atoms with Crippen LogP contribution < -0.4 is 4.74 Å². The molecule has 1 aromatic carbocycles. The number of carbonyl (C=O) groups is 1. The van der Waals surface area contributed by atoms with Gasteiger partial charge in [0, 0.05) is 15.8 Å². The Labute approximate surface area is 138 Å². The highest BCUT2D eigenvalue weighted by molar-refractivity contribution is 9.10. The van der Waals surface area contributed by atoms with Crippen molar-refractivity contribution in [2.75, 3.05) is 6.61 Å². The topological polar surface area (TPSA) is 52.1 Å². The van der Waals surface area contributed by atoms with Crippen molar-refractivity contribution in [3.05, 3.63) is 52.0 Å². The molecule has 114 valence electrons. The lowest BCUT2D eigenvalue weighted by atomic mass is 9.94. The third kappa shape index (κ3) is 2.77. The average molecular weight is 361 g/mol. The maximum Gasteiger partial charge on any atom is 0.158 e. The van der Waals surface area contributed by atoms with Crippen molar-refractivity contribution in [1.82, 2.24) is 9.97 Å². The fourth-order valence-electron chi connectivity index (χ4n) is 2.80. The number of hydrogen-bond donors (Lipinski definition) is 0. The van der Waals surface area contributed by atoms with Crippen LogP contribution in [0.3, 0.4) is 0 Å². The van der Waals surface area contributed by atoms with E-state index in [1.807, 2.05) is 26.0 Å². The summed E-state index contributed by atoms with van der Waals surface area (Å²) < 4.78 is 6.97. The number of benzene rings is 1. The monoisotopic (exact) mass is 360 g/mol. The van der Waals surface area contributed by atoms with Gasteiger partial charge >= 0.3 is 0 Å². The van der Waals surface area contributed by atoms with Crippen LogP contribution >= 0.6 is 15.9 Å². The minimum atomic E-state index is -0.222. The van der Waals surface area contributed by atoms with Crippen molar-refractivity contribution in [2.24, 2.45) is 5.92 Å². The zero-order valence-corrected chi connectivity index (χ0v) is 14.1. The molecular formula is C17H17BrN2O2. The summed E-state index contributed by atoms with van der Waals surface area (Å²) in [5, 5.41) is 0. The Morgan fingerprint density at radius 1 is 1.36 bits per heavy atom. The zero-order chi connectivity index (χ0) is 15.7. The molecule has 0 bridgehead atoms. The number of nitrogens with zero attached hydrogens (tertiary/aromatic N) is 2. The highest BCUT2D eigenvalue weighted by Crippen LogP contribution is 2.53.